The third-order valence-corrected chi connectivity index (χ3v) is 13.4. The SMILES string of the molecule is CNC(=O)CCC(C=O)N(C)C(=O)c1cc2c(cc1C=O)CN(C1CC(C(=O)N3CCCC(Oc4ccc(C5c6ccc(O)cc6CCC5c5ccccc5)cc4)C3)C1)C2. The van der Waals surface area contributed by atoms with Crippen LogP contribution in [0.15, 0.2) is 84.9 Å². The number of hydrogen-bond acceptors (Lipinski definition) is 8. The minimum Gasteiger partial charge on any atom is -0.508 e. The van der Waals surface area contributed by atoms with E-state index in [-0.39, 0.29) is 59.8 Å². The van der Waals surface area contributed by atoms with Gasteiger partial charge in [-0.15, -0.1) is 0 Å². The predicted octanol–water partition coefficient (Wildman–Crippen LogP) is 6.40. The van der Waals surface area contributed by atoms with E-state index in [1.807, 2.05) is 11.0 Å². The van der Waals surface area contributed by atoms with Gasteiger partial charge in [0.05, 0.1) is 18.2 Å². The average molecular weight is 811 g/mol. The maximum Gasteiger partial charge on any atom is 0.254 e. The van der Waals surface area contributed by atoms with Gasteiger partial charge in [-0.25, -0.2) is 0 Å². The van der Waals surface area contributed by atoms with Crippen molar-refractivity contribution in [2.45, 2.75) is 94.5 Å². The second-order valence-corrected chi connectivity index (χ2v) is 17.0. The van der Waals surface area contributed by atoms with Crippen molar-refractivity contribution in [1.82, 2.24) is 20.0 Å². The number of phenols is 1. The number of likely N-dealkylation sites (tertiary alicyclic amines) is 1. The van der Waals surface area contributed by atoms with E-state index in [9.17, 15) is 29.1 Å². The summed E-state index contributed by atoms with van der Waals surface area (Å²) in [6, 6.07) is 27.9. The van der Waals surface area contributed by atoms with Gasteiger partial charge < -0.3 is 29.8 Å². The number of rotatable bonds is 13. The molecule has 11 nitrogen and oxygen atoms in total. The van der Waals surface area contributed by atoms with Crippen LogP contribution in [0.5, 0.6) is 11.5 Å². The van der Waals surface area contributed by atoms with Gasteiger partial charge in [0.25, 0.3) is 5.91 Å². The number of amides is 3. The molecule has 2 fully saturated rings. The van der Waals surface area contributed by atoms with Crippen LogP contribution in [0.1, 0.15) is 111 Å². The van der Waals surface area contributed by atoms with E-state index in [0.717, 1.165) is 61.9 Å². The second kappa shape index (κ2) is 17.8. The number of likely N-dealkylation sites (N-methyl/N-ethyl adjacent to an activating group) is 1. The van der Waals surface area contributed by atoms with Crippen LogP contribution in [-0.2, 0) is 33.9 Å². The van der Waals surface area contributed by atoms with Gasteiger partial charge in [-0.2, -0.15) is 0 Å². The number of piperidine rings is 1. The Labute approximate surface area is 351 Å². The maximum absolute atomic E-state index is 13.8. The molecule has 2 aliphatic heterocycles. The molecule has 60 heavy (non-hydrogen) atoms. The molecule has 11 heteroatoms. The molecule has 3 amide bonds. The van der Waals surface area contributed by atoms with Gasteiger partial charge in [0.2, 0.25) is 11.8 Å². The fourth-order valence-electron chi connectivity index (χ4n) is 9.94. The topological polar surface area (TPSA) is 137 Å². The second-order valence-electron chi connectivity index (χ2n) is 17.0. The molecule has 4 aromatic carbocycles. The van der Waals surface area contributed by atoms with Crippen LogP contribution in [0.25, 0.3) is 0 Å². The first-order valence-electron chi connectivity index (χ1n) is 21.3. The lowest BCUT2D eigenvalue weighted by atomic mass is 9.69. The molecule has 4 unspecified atom stereocenters. The molecule has 4 atom stereocenters. The molecule has 1 saturated carbocycles. The first kappa shape index (κ1) is 40.9. The van der Waals surface area contributed by atoms with Gasteiger partial charge in [-0.05, 0) is 121 Å². The number of carbonyl (C=O) groups is 5. The fourth-order valence-corrected chi connectivity index (χ4v) is 9.94. The van der Waals surface area contributed by atoms with Crippen LogP contribution in [-0.4, -0.2) is 95.5 Å². The van der Waals surface area contributed by atoms with Gasteiger partial charge in [0, 0.05) is 63.6 Å². The number of phenolic OH excluding ortho intramolecular Hbond substituents is 1. The first-order chi connectivity index (χ1) is 29.1. The van der Waals surface area contributed by atoms with E-state index in [4.69, 9.17) is 4.74 Å². The third-order valence-electron chi connectivity index (χ3n) is 13.4. The summed E-state index contributed by atoms with van der Waals surface area (Å²) < 4.78 is 6.53. The zero-order valence-electron chi connectivity index (χ0n) is 34.4. The van der Waals surface area contributed by atoms with E-state index < -0.39 is 11.9 Å². The van der Waals surface area contributed by atoms with E-state index in [2.05, 4.69) is 70.9 Å². The lowest BCUT2D eigenvalue weighted by molar-refractivity contribution is -0.143. The highest BCUT2D eigenvalue weighted by molar-refractivity contribution is 6.02. The quantitative estimate of drug-likeness (QED) is 0.148. The van der Waals surface area contributed by atoms with Crippen LogP contribution in [0.4, 0.5) is 0 Å². The molecule has 1 saturated heterocycles. The Balaban J connectivity index is 0.859. The lowest BCUT2D eigenvalue weighted by Crippen LogP contribution is -2.52. The van der Waals surface area contributed by atoms with Crippen molar-refractivity contribution in [1.29, 1.82) is 0 Å². The highest BCUT2D eigenvalue weighted by atomic mass is 16.5. The third kappa shape index (κ3) is 8.45. The monoisotopic (exact) mass is 810 g/mol. The molecule has 0 spiro atoms. The number of carbonyl (C=O) groups excluding carboxylic acids is 5. The van der Waals surface area contributed by atoms with Gasteiger partial charge in [0.1, 0.15) is 23.9 Å². The van der Waals surface area contributed by atoms with Gasteiger partial charge >= 0.3 is 0 Å². The van der Waals surface area contributed by atoms with Crippen LogP contribution in [0.2, 0.25) is 0 Å². The van der Waals surface area contributed by atoms with Gasteiger partial charge in [-0.1, -0.05) is 48.5 Å². The molecule has 2 aliphatic carbocycles. The number of aryl methyl sites for hydroxylation is 1. The highest BCUT2D eigenvalue weighted by Gasteiger charge is 2.42. The van der Waals surface area contributed by atoms with Crippen molar-refractivity contribution in [2.24, 2.45) is 5.92 Å². The molecule has 2 N–H and O–H groups in total. The van der Waals surface area contributed by atoms with Crippen molar-refractivity contribution in [3.05, 3.63) is 129 Å². The molecule has 0 radical (unpaired) electrons. The number of aromatic hydroxyl groups is 1. The zero-order valence-corrected chi connectivity index (χ0v) is 34.4. The summed E-state index contributed by atoms with van der Waals surface area (Å²) in [5.41, 5.74) is 7.46. The molecule has 0 aromatic heterocycles. The van der Waals surface area contributed by atoms with E-state index in [0.29, 0.717) is 43.9 Å². The smallest absolute Gasteiger partial charge is 0.254 e. The Morgan fingerprint density at radius 1 is 0.917 bits per heavy atom. The summed E-state index contributed by atoms with van der Waals surface area (Å²) in [4.78, 5) is 68.7. The molecule has 4 aliphatic rings. The summed E-state index contributed by atoms with van der Waals surface area (Å²) in [7, 11) is 3.04. The van der Waals surface area contributed by atoms with Crippen LogP contribution in [0.3, 0.4) is 0 Å². The summed E-state index contributed by atoms with van der Waals surface area (Å²) in [6.45, 7) is 2.53. The van der Waals surface area contributed by atoms with Crippen molar-refractivity contribution in [2.75, 3.05) is 27.2 Å². The summed E-state index contributed by atoms with van der Waals surface area (Å²) in [5, 5.41) is 12.8. The fraction of sp³-hybridized carbons (Fsp3) is 0.408. The van der Waals surface area contributed by atoms with Crippen LogP contribution >= 0.6 is 0 Å². The van der Waals surface area contributed by atoms with E-state index in [1.165, 1.54) is 41.2 Å². The lowest BCUT2D eigenvalue weighted by Gasteiger charge is -2.43. The van der Waals surface area contributed by atoms with Crippen molar-refractivity contribution in [3.63, 3.8) is 0 Å². The summed E-state index contributed by atoms with van der Waals surface area (Å²) in [5.74, 6) is 1.05. The van der Waals surface area contributed by atoms with Crippen LogP contribution < -0.4 is 10.1 Å². The molecular formula is C49H54N4O7. The Morgan fingerprint density at radius 3 is 2.38 bits per heavy atom. The number of fused-ring (bicyclic) bond motifs is 2. The highest BCUT2D eigenvalue weighted by Crippen LogP contribution is 2.47. The number of nitrogens with zero attached hydrogens (tertiary/aromatic N) is 3. The minimum absolute atomic E-state index is 0.0546. The Kier molecular flexibility index (Phi) is 12.2. The Bertz CT molecular complexity index is 2240. The van der Waals surface area contributed by atoms with Gasteiger partial charge in [0.15, 0.2) is 6.29 Å². The largest absolute Gasteiger partial charge is 0.508 e. The molecule has 0 bridgehead atoms. The molecular weight excluding hydrogens is 757 g/mol. The normalized spacial score (nSPS) is 22.7. The van der Waals surface area contributed by atoms with Crippen molar-refractivity contribution < 1.29 is 33.8 Å². The molecule has 8 rings (SSSR count). The minimum atomic E-state index is -0.797. The number of hydrogen-bond donors (Lipinski definition) is 2. The zero-order chi connectivity index (χ0) is 41.9. The average Bonchev–Trinajstić information content (AvgIpc) is 3.67. The molecule has 2 heterocycles. The van der Waals surface area contributed by atoms with E-state index >= 15 is 0 Å². The summed E-state index contributed by atoms with van der Waals surface area (Å²) in [6.07, 6.45) is 6.74. The predicted molar refractivity (Wildman–Crippen MR) is 227 cm³/mol. The van der Waals surface area contributed by atoms with E-state index in [1.54, 1.807) is 18.2 Å². The Hall–Kier alpha value is -5.81. The number of ether oxygens (including phenoxy) is 1. The number of aldehydes is 2. The molecule has 4 aromatic rings. The van der Waals surface area contributed by atoms with Gasteiger partial charge in [-0.3, -0.25) is 24.1 Å². The number of nitrogens with one attached hydrogen (secondary N) is 1. The number of benzene rings is 4. The van der Waals surface area contributed by atoms with Crippen molar-refractivity contribution in [3.8, 4) is 11.5 Å². The maximum atomic E-state index is 13.8. The summed E-state index contributed by atoms with van der Waals surface area (Å²) >= 11 is 0. The molecule has 312 valence electrons. The van der Waals surface area contributed by atoms with Crippen molar-refractivity contribution >= 4 is 30.3 Å². The standard InChI is InChI=1S/C49H54N4O7/c1-50-46(57)19-13-38(30-55)51(2)49(59)45-25-36-27-53(26-35(36)21-37(45)29-54)39-22-34(23-39)48(58)52-20-6-9-42(28-52)60-41-15-10-32(11-16-41)47-43(31-7-4-3-5-8-31)17-12-33-24-40(56)14-18-44(33)47/h3-5,7-8,10-11,14-16,18,21,24-25,29-30,34,38-39,42-43,47,56H,6,9,12-13,17,19-20,22-23,26-28H2,1-2H3,(H,50,57). The Morgan fingerprint density at radius 2 is 1.67 bits per heavy atom. The first-order valence-corrected chi connectivity index (χ1v) is 21.3. The van der Waals surface area contributed by atoms with Crippen LogP contribution in [0, 0.1) is 5.92 Å².